The predicted molar refractivity (Wildman–Crippen MR) is 71.5 cm³/mol. The van der Waals surface area contributed by atoms with Crippen molar-refractivity contribution in [3.63, 3.8) is 0 Å². The Morgan fingerprint density at radius 3 is 2.71 bits per heavy atom. The van der Waals surface area contributed by atoms with Gasteiger partial charge in [0.25, 0.3) is 0 Å². The highest BCUT2D eigenvalue weighted by Gasteiger charge is 2.11. The lowest BCUT2D eigenvalue weighted by Gasteiger charge is -2.06. The molecule has 3 nitrogen and oxygen atoms in total. The zero-order valence-corrected chi connectivity index (χ0v) is 11.1. The predicted octanol–water partition coefficient (Wildman–Crippen LogP) is 2.89. The number of ether oxygens (including phenoxy) is 1. The summed E-state index contributed by atoms with van der Waals surface area (Å²) in [5.74, 6) is 0.898. The molecule has 1 aromatic carbocycles. The van der Waals surface area contributed by atoms with Crippen LogP contribution in [0.3, 0.4) is 0 Å². The van der Waals surface area contributed by atoms with Gasteiger partial charge in [-0.25, -0.2) is 4.98 Å². The standard InChI is InChI=1S/C13H16N2OS/c1-8-6-10(4-5-11(8)16-3)13-12(7-14)17-9(2)15-13/h4-6H,7,14H2,1-3H3. The van der Waals surface area contributed by atoms with Crippen LogP contribution in [0.25, 0.3) is 11.3 Å². The van der Waals surface area contributed by atoms with Crippen molar-refractivity contribution in [3.05, 3.63) is 33.6 Å². The van der Waals surface area contributed by atoms with Gasteiger partial charge >= 0.3 is 0 Å². The molecule has 1 heterocycles. The third-order valence-electron chi connectivity index (χ3n) is 2.66. The molecule has 0 spiro atoms. The van der Waals surface area contributed by atoms with E-state index in [4.69, 9.17) is 10.5 Å². The van der Waals surface area contributed by atoms with Crippen molar-refractivity contribution in [2.45, 2.75) is 20.4 Å². The average molecular weight is 248 g/mol. The maximum absolute atomic E-state index is 5.74. The van der Waals surface area contributed by atoms with E-state index in [1.165, 1.54) is 0 Å². The highest BCUT2D eigenvalue weighted by Crippen LogP contribution is 2.30. The Bertz CT molecular complexity index is 534. The van der Waals surface area contributed by atoms with Crippen molar-refractivity contribution in [1.82, 2.24) is 4.98 Å². The lowest BCUT2D eigenvalue weighted by atomic mass is 10.1. The summed E-state index contributed by atoms with van der Waals surface area (Å²) in [7, 11) is 1.68. The van der Waals surface area contributed by atoms with Crippen molar-refractivity contribution in [3.8, 4) is 17.0 Å². The molecule has 2 rings (SSSR count). The van der Waals surface area contributed by atoms with Crippen LogP contribution >= 0.6 is 11.3 Å². The largest absolute Gasteiger partial charge is 0.496 e. The van der Waals surface area contributed by atoms with Gasteiger partial charge in [0.05, 0.1) is 17.8 Å². The fourth-order valence-electron chi connectivity index (χ4n) is 1.86. The van der Waals surface area contributed by atoms with E-state index in [0.717, 1.165) is 32.5 Å². The molecule has 2 aromatic rings. The van der Waals surface area contributed by atoms with Gasteiger partial charge in [0.15, 0.2) is 0 Å². The molecule has 0 amide bonds. The van der Waals surface area contributed by atoms with Crippen LogP contribution < -0.4 is 10.5 Å². The molecule has 0 saturated carbocycles. The Kier molecular flexibility index (Phi) is 3.45. The van der Waals surface area contributed by atoms with Crippen molar-refractivity contribution in [2.24, 2.45) is 5.73 Å². The fourth-order valence-corrected chi connectivity index (χ4v) is 2.70. The van der Waals surface area contributed by atoms with Crippen LogP contribution in [-0.2, 0) is 6.54 Å². The Labute approximate surface area is 105 Å². The Hall–Kier alpha value is -1.39. The summed E-state index contributed by atoms with van der Waals surface area (Å²) in [6, 6.07) is 6.09. The van der Waals surface area contributed by atoms with E-state index in [-0.39, 0.29) is 0 Å². The Balaban J connectivity index is 2.49. The van der Waals surface area contributed by atoms with Crippen LogP contribution in [0.4, 0.5) is 0 Å². The minimum Gasteiger partial charge on any atom is -0.496 e. The van der Waals surface area contributed by atoms with Crippen LogP contribution in [0.15, 0.2) is 18.2 Å². The van der Waals surface area contributed by atoms with Gasteiger partial charge in [-0.2, -0.15) is 0 Å². The second kappa shape index (κ2) is 4.85. The first-order chi connectivity index (χ1) is 8.15. The van der Waals surface area contributed by atoms with Crippen LogP contribution in [0.1, 0.15) is 15.4 Å². The Morgan fingerprint density at radius 1 is 1.35 bits per heavy atom. The molecule has 0 unspecified atom stereocenters. The molecular formula is C13H16N2OS. The second-order valence-corrected chi connectivity index (χ2v) is 5.18. The van der Waals surface area contributed by atoms with Crippen molar-refractivity contribution >= 4 is 11.3 Å². The minimum absolute atomic E-state index is 0.534. The normalized spacial score (nSPS) is 10.6. The van der Waals surface area contributed by atoms with Gasteiger partial charge in [-0.1, -0.05) is 0 Å². The summed E-state index contributed by atoms with van der Waals surface area (Å²) >= 11 is 1.66. The number of aromatic nitrogens is 1. The number of nitrogens with zero attached hydrogens (tertiary/aromatic N) is 1. The molecule has 0 radical (unpaired) electrons. The van der Waals surface area contributed by atoms with Gasteiger partial charge in [0, 0.05) is 17.0 Å². The summed E-state index contributed by atoms with van der Waals surface area (Å²) in [5, 5.41) is 1.05. The van der Waals surface area contributed by atoms with E-state index in [1.807, 2.05) is 26.0 Å². The molecule has 0 aliphatic heterocycles. The van der Waals surface area contributed by atoms with Gasteiger partial charge in [0.2, 0.25) is 0 Å². The fraction of sp³-hybridized carbons (Fsp3) is 0.308. The lowest BCUT2D eigenvalue weighted by Crippen LogP contribution is -1.96. The maximum atomic E-state index is 5.74. The molecule has 17 heavy (non-hydrogen) atoms. The summed E-state index contributed by atoms with van der Waals surface area (Å²) in [5.41, 5.74) is 8.96. The number of methoxy groups -OCH3 is 1. The minimum atomic E-state index is 0.534. The molecule has 0 bridgehead atoms. The highest BCUT2D eigenvalue weighted by atomic mass is 32.1. The van der Waals surface area contributed by atoms with E-state index < -0.39 is 0 Å². The monoisotopic (exact) mass is 248 g/mol. The second-order valence-electron chi connectivity index (χ2n) is 3.89. The van der Waals surface area contributed by atoms with Gasteiger partial charge in [-0.3, -0.25) is 0 Å². The average Bonchev–Trinajstić information content (AvgIpc) is 2.70. The topological polar surface area (TPSA) is 48.1 Å². The summed E-state index contributed by atoms with van der Waals surface area (Å²) < 4.78 is 5.26. The first-order valence-corrected chi connectivity index (χ1v) is 6.28. The lowest BCUT2D eigenvalue weighted by molar-refractivity contribution is 0.412. The number of nitrogens with two attached hydrogens (primary N) is 1. The number of aryl methyl sites for hydroxylation is 2. The number of thiazole rings is 1. The molecule has 0 fully saturated rings. The number of hydrogen-bond acceptors (Lipinski definition) is 4. The molecule has 0 aliphatic carbocycles. The van der Waals surface area contributed by atoms with Crippen LogP contribution in [0.2, 0.25) is 0 Å². The molecule has 90 valence electrons. The van der Waals surface area contributed by atoms with Crippen LogP contribution in [0, 0.1) is 13.8 Å². The van der Waals surface area contributed by atoms with Crippen molar-refractivity contribution in [2.75, 3.05) is 7.11 Å². The molecule has 4 heteroatoms. The van der Waals surface area contributed by atoms with Crippen LogP contribution in [0.5, 0.6) is 5.75 Å². The first kappa shape index (κ1) is 12.1. The smallest absolute Gasteiger partial charge is 0.121 e. The third-order valence-corrected chi connectivity index (χ3v) is 3.65. The number of hydrogen-bond donors (Lipinski definition) is 1. The van der Waals surface area contributed by atoms with E-state index >= 15 is 0 Å². The summed E-state index contributed by atoms with van der Waals surface area (Å²) in [6.07, 6.45) is 0. The molecule has 0 aliphatic rings. The van der Waals surface area contributed by atoms with E-state index in [9.17, 15) is 0 Å². The quantitative estimate of drug-likeness (QED) is 0.908. The van der Waals surface area contributed by atoms with Gasteiger partial charge in [0.1, 0.15) is 5.75 Å². The molecule has 2 N–H and O–H groups in total. The van der Waals surface area contributed by atoms with Gasteiger partial charge < -0.3 is 10.5 Å². The van der Waals surface area contributed by atoms with Crippen molar-refractivity contribution in [1.29, 1.82) is 0 Å². The van der Waals surface area contributed by atoms with Crippen LogP contribution in [-0.4, -0.2) is 12.1 Å². The van der Waals surface area contributed by atoms with Gasteiger partial charge in [-0.05, 0) is 37.6 Å². The zero-order valence-electron chi connectivity index (χ0n) is 10.3. The summed E-state index contributed by atoms with van der Waals surface area (Å²) in [4.78, 5) is 5.68. The summed E-state index contributed by atoms with van der Waals surface area (Å²) in [6.45, 7) is 4.57. The zero-order chi connectivity index (χ0) is 12.4. The maximum Gasteiger partial charge on any atom is 0.121 e. The van der Waals surface area contributed by atoms with Crippen molar-refractivity contribution < 1.29 is 4.74 Å². The number of benzene rings is 1. The SMILES string of the molecule is COc1ccc(-c2nc(C)sc2CN)cc1C. The third kappa shape index (κ3) is 2.33. The number of rotatable bonds is 3. The van der Waals surface area contributed by atoms with E-state index in [1.54, 1.807) is 18.4 Å². The van der Waals surface area contributed by atoms with E-state index in [0.29, 0.717) is 6.54 Å². The molecule has 0 atom stereocenters. The Morgan fingerprint density at radius 2 is 2.12 bits per heavy atom. The molecule has 0 saturated heterocycles. The first-order valence-electron chi connectivity index (χ1n) is 5.47. The highest BCUT2D eigenvalue weighted by molar-refractivity contribution is 7.12. The van der Waals surface area contributed by atoms with Gasteiger partial charge in [-0.15, -0.1) is 11.3 Å². The van der Waals surface area contributed by atoms with E-state index in [2.05, 4.69) is 11.1 Å². The molecule has 1 aromatic heterocycles. The molecular weight excluding hydrogens is 232 g/mol.